The molecule has 1 aromatic rings. The fourth-order valence-electron chi connectivity index (χ4n) is 2.95. The Morgan fingerprint density at radius 3 is 2.59 bits per heavy atom. The zero-order valence-electron chi connectivity index (χ0n) is 15.9. The summed E-state index contributed by atoms with van der Waals surface area (Å²) in [4.78, 5) is 5.68. The fraction of sp³-hybridized carbons (Fsp3) is 0.500. The van der Waals surface area contributed by atoms with Crippen molar-refractivity contribution >= 4 is 21.9 Å². The standard InChI is InChI=1S/C16H19F3N4O5S/c1-15(2)12(24)11(20-13-14(23(3)4)22-29(25,26)21-13)9-7-8(27-16(17,18)19)5-6-10(9)28-15/h5-7,11-12,24H,1-4H3,(H,20,21)/t11-,12+/m1/s1. The van der Waals surface area contributed by atoms with E-state index >= 15 is 0 Å². The number of hydrogen-bond donors (Lipinski definition) is 2. The van der Waals surface area contributed by atoms with Gasteiger partial charge < -0.3 is 19.5 Å². The van der Waals surface area contributed by atoms with Crippen molar-refractivity contribution in [2.24, 2.45) is 9.39 Å². The highest BCUT2D eigenvalue weighted by molar-refractivity contribution is 7.89. The van der Waals surface area contributed by atoms with Crippen molar-refractivity contribution in [3.05, 3.63) is 23.8 Å². The monoisotopic (exact) mass is 436 g/mol. The highest BCUT2D eigenvalue weighted by atomic mass is 32.2. The summed E-state index contributed by atoms with van der Waals surface area (Å²) in [6.45, 7) is 3.15. The fourth-order valence-corrected chi connectivity index (χ4v) is 3.86. The van der Waals surface area contributed by atoms with Gasteiger partial charge in [0.2, 0.25) is 0 Å². The third-order valence-electron chi connectivity index (χ3n) is 4.25. The lowest BCUT2D eigenvalue weighted by atomic mass is 9.87. The molecule has 2 N–H and O–H groups in total. The van der Waals surface area contributed by atoms with Gasteiger partial charge in [0, 0.05) is 19.7 Å². The molecule has 160 valence electrons. The Kier molecular flexibility index (Phi) is 4.94. The molecule has 0 spiro atoms. The Labute approximate surface area is 165 Å². The van der Waals surface area contributed by atoms with Crippen LogP contribution in [0, 0.1) is 0 Å². The van der Waals surface area contributed by atoms with Crippen molar-refractivity contribution in [1.82, 2.24) is 9.62 Å². The van der Waals surface area contributed by atoms with Crippen LogP contribution in [0.15, 0.2) is 27.6 Å². The largest absolute Gasteiger partial charge is 0.573 e. The summed E-state index contributed by atoms with van der Waals surface area (Å²) >= 11 is 0. The predicted octanol–water partition coefficient (Wildman–Crippen LogP) is 1.36. The van der Waals surface area contributed by atoms with Crippen molar-refractivity contribution < 1.29 is 36.2 Å². The molecule has 2 atom stereocenters. The Morgan fingerprint density at radius 2 is 2.00 bits per heavy atom. The number of aliphatic hydroxyl groups is 1. The summed E-state index contributed by atoms with van der Waals surface area (Å²) in [7, 11) is -0.925. The average Bonchev–Trinajstić information content (AvgIpc) is 2.86. The normalized spacial score (nSPS) is 26.2. The summed E-state index contributed by atoms with van der Waals surface area (Å²) in [5.74, 6) is -0.491. The highest BCUT2D eigenvalue weighted by Crippen LogP contribution is 2.44. The van der Waals surface area contributed by atoms with Gasteiger partial charge in [0.15, 0.2) is 11.7 Å². The van der Waals surface area contributed by atoms with Crippen molar-refractivity contribution in [3.8, 4) is 11.5 Å². The van der Waals surface area contributed by atoms with Crippen molar-refractivity contribution in [2.75, 3.05) is 14.1 Å². The SMILES string of the molecule is CN(C)C1=NS(=O)(=O)NC1=N[C@@H]1c2cc(OC(F)(F)F)ccc2OC(C)(C)[C@H]1O. The summed E-state index contributed by atoms with van der Waals surface area (Å²) in [6.07, 6.45) is -6.22. The smallest absolute Gasteiger partial charge is 0.485 e. The average molecular weight is 436 g/mol. The van der Waals surface area contributed by atoms with E-state index in [1.165, 1.54) is 11.0 Å². The summed E-state index contributed by atoms with van der Waals surface area (Å²) < 4.78 is 76.8. The molecule has 2 heterocycles. The number of likely N-dealkylation sites (N-methyl/N-ethyl adjacent to an activating group) is 1. The third kappa shape index (κ3) is 4.40. The molecule has 13 heteroatoms. The predicted molar refractivity (Wildman–Crippen MR) is 97.2 cm³/mol. The quantitative estimate of drug-likeness (QED) is 0.724. The van der Waals surface area contributed by atoms with Crippen LogP contribution >= 0.6 is 0 Å². The van der Waals surface area contributed by atoms with Crippen LogP contribution in [0.1, 0.15) is 25.5 Å². The molecule has 9 nitrogen and oxygen atoms in total. The molecular formula is C16H19F3N4O5S. The molecule has 0 saturated heterocycles. The summed E-state index contributed by atoms with van der Waals surface area (Å²) in [5.41, 5.74) is -1.05. The van der Waals surface area contributed by atoms with Gasteiger partial charge in [-0.25, -0.2) is 4.72 Å². The van der Waals surface area contributed by atoms with E-state index in [0.29, 0.717) is 0 Å². The second-order valence-corrected chi connectivity index (χ2v) is 8.54. The van der Waals surface area contributed by atoms with Crippen LogP contribution in [0.2, 0.25) is 0 Å². The van der Waals surface area contributed by atoms with Gasteiger partial charge in [0.25, 0.3) is 0 Å². The van der Waals surface area contributed by atoms with E-state index in [0.717, 1.165) is 12.1 Å². The molecule has 1 aromatic carbocycles. The van der Waals surface area contributed by atoms with E-state index in [4.69, 9.17) is 4.74 Å². The van der Waals surface area contributed by atoms with Crippen molar-refractivity contribution in [3.63, 3.8) is 0 Å². The molecule has 0 fully saturated rings. The number of halogens is 3. The maximum Gasteiger partial charge on any atom is 0.573 e. The van der Waals surface area contributed by atoms with Gasteiger partial charge in [0.05, 0.1) is 0 Å². The molecule has 0 unspecified atom stereocenters. The van der Waals surface area contributed by atoms with Gasteiger partial charge >= 0.3 is 16.6 Å². The van der Waals surface area contributed by atoms with Crippen LogP contribution in [0.5, 0.6) is 11.5 Å². The Hall–Kier alpha value is -2.54. The number of aliphatic imine (C=N–C) groups is 1. The zero-order valence-corrected chi connectivity index (χ0v) is 16.7. The number of nitrogens with one attached hydrogen (secondary N) is 1. The zero-order chi connectivity index (χ0) is 21.8. The van der Waals surface area contributed by atoms with Gasteiger partial charge in [-0.05, 0) is 32.0 Å². The molecule has 29 heavy (non-hydrogen) atoms. The molecule has 2 aliphatic rings. The van der Waals surface area contributed by atoms with E-state index in [9.17, 15) is 26.7 Å². The molecule has 0 aliphatic carbocycles. The number of rotatable bonds is 2. The van der Waals surface area contributed by atoms with Gasteiger partial charge in [-0.15, -0.1) is 17.6 Å². The lowest BCUT2D eigenvalue weighted by Crippen LogP contribution is -2.49. The lowest BCUT2D eigenvalue weighted by Gasteiger charge is -2.40. The van der Waals surface area contributed by atoms with E-state index < -0.39 is 40.1 Å². The minimum Gasteiger partial charge on any atom is -0.485 e. The van der Waals surface area contributed by atoms with Gasteiger partial charge in [0.1, 0.15) is 29.2 Å². The minimum atomic E-state index is -4.91. The second-order valence-electron chi connectivity index (χ2n) is 7.21. The molecule has 2 aliphatic heterocycles. The van der Waals surface area contributed by atoms with Crippen LogP contribution in [0.3, 0.4) is 0 Å². The highest BCUT2D eigenvalue weighted by Gasteiger charge is 2.44. The second kappa shape index (κ2) is 6.76. The number of benzene rings is 1. The van der Waals surface area contributed by atoms with Crippen LogP contribution < -0.4 is 14.2 Å². The first-order valence-corrected chi connectivity index (χ1v) is 9.77. The summed E-state index contributed by atoms with van der Waals surface area (Å²) in [6, 6.07) is 2.25. The molecule has 0 bridgehead atoms. The first kappa shape index (κ1) is 21.2. The van der Waals surface area contributed by atoms with Crippen molar-refractivity contribution in [1.29, 1.82) is 0 Å². The molecule has 0 amide bonds. The first-order valence-electron chi connectivity index (χ1n) is 8.33. The topological polar surface area (TPSA) is 113 Å². The maximum atomic E-state index is 12.6. The summed E-state index contributed by atoms with van der Waals surface area (Å²) in [5, 5.41) is 10.8. The maximum absolute atomic E-state index is 12.6. The number of amidine groups is 2. The van der Waals surface area contributed by atoms with E-state index in [-0.39, 0.29) is 23.0 Å². The molecule has 0 saturated carbocycles. The molecule has 0 aromatic heterocycles. The van der Waals surface area contributed by atoms with Gasteiger partial charge in [-0.1, -0.05) is 0 Å². The Morgan fingerprint density at radius 1 is 1.34 bits per heavy atom. The molecule has 3 rings (SSSR count). The Bertz CT molecular complexity index is 989. The van der Waals surface area contributed by atoms with Crippen LogP contribution in [-0.2, 0) is 10.2 Å². The number of nitrogens with zero attached hydrogens (tertiary/aromatic N) is 3. The van der Waals surface area contributed by atoms with Gasteiger partial charge in [-0.3, -0.25) is 4.99 Å². The van der Waals surface area contributed by atoms with Gasteiger partial charge in [-0.2, -0.15) is 8.42 Å². The van der Waals surface area contributed by atoms with E-state index in [1.807, 2.05) is 0 Å². The van der Waals surface area contributed by atoms with E-state index in [1.54, 1.807) is 27.9 Å². The number of ether oxygens (including phenoxy) is 2. The molecular weight excluding hydrogens is 417 g/mol. The number of fused-ring (bicyclic) bond motifs is 1. The minimum absolute atomic E-state index is 0.00857. The van der Waals surface area contributed by atoms with Crippen LogP contribution in [-0.4, -0.2) is 62.3 Å². The third-order valence-corrected chi connectivity index (χ3v) is 5.12. The number of aliphatic hydroxyl groups excluding tert-OH is 1. The van der Waals surface area contributed by atoms with Crippen molar-refractivity contribution in [2.45, 2.75) is 38.0 Å². The van der Waals surface area contributed by atoms with Crippen LogP contribution in [0.25, 0.3) is 0 Å². The number of alkyl halides is 3. The van der Waals surface area contributed by atoms with E-state index in [2.05, 4.69) is 18.8 Å². The number of hydrogen-bond acceptors (Lipinski definition) is 7. The Balaban J connectivity index is 2.11. The van der Waals surface area contributed by atoms with Crippen LogP contribution in [0.4, 0.5) is 13.2 Å². The molecule has 0 radical (unpaired) electrons. The first-order chi connectivity index (χ1) is 13.2. The lowest BCUT2D eigenvalue weighted by molar-refractivity contribution is -0.274.